The monoisotopic (exact) mass is 341 g/mol. The number of methoxy groups -OCH3 is 1. The minimum absolute atomic E-state index is 0.316. The van der Waals surface area contributed by atoms with E-state index in [9.17, 15) is 5.11 Å². The van der Waals surface area contributed by atoms with E-state index < -0.39 is 6.10 Å². The van der Waals surface area contributed by atoms with Crippen LogP contribution in [0.15, 0.2) is 48.5 Å². The number of aliphatic hydroxyl groups excluding tert-OH is 1. The summed E-state index contributed by atoms with van der Waals surface area (Å²) in [5, 5.41) is 10.4. The molecule has 4 heteroatoms. The van der Waals surface area contributed by atoms with Crippen molar-refractivity contribution < 1.29 is 14.6 Å². The molecule has 4 nitrogen and oxygen atoms in total. The van der Waals surface area contributed by atoms with E-state index in [1.54, 1.807) is 7.11 Å². The molecule has 1 unspecified atom stereocenters. The van der Waals surface area contributed by atoms with E-state index in [-0.39, 0.29) is 0 Å². The molecule has 1 aliphatic carbocycles. The molecule has 1 N–H and O–H groups in total. The molecule has 2 aromatic carbocycles. The van der Waals surface area contributed by atoms with Gasteiger partial charge in [-0.3, -0.25) is 4.90 Å². The standard InChI is InChI=1S/C21H27NO3/c1-16-5-3-4-6-21(16)25-15-19(23)14-22(18-9-10-18)13-17-7-11-20(24-2)12-8-17/h3-8,11-12,18-19,23H,9-10,13-15H2,1-2H3. The van der Waals surface area contributed by atoms with Gasteiger partial charge in [-0.15, -0.1) is 0 Å². The molecular weight excluding hydrogens is 314 g/mol. The molecule has 1 atom stereocenters. The number of rotatable bonds is 9. The van der Waals surface area contributed by atoms with Crippen molar-refractivity contribution in [3.63, 3.8) is 0 Å². The minimum atomic E-state index is -0.501. The summed E-state index contributed by atoms with van der Waals surface area (Å²) in [6.45, 7) is 3.80. The van der Waals surface area contributed by atoms with Gasteiger partial charge in [0, 0.05) is 19.1 Å². The van der Waals surface area contributed by atoms with Crippen LogP contribution in [-0.2, 0) is 6.54 Å². The number of hydrogen-bond acceptors (Lipinski definition) is 4. The van der Waals surface area contributed by atoms with Gasteiger partial charge in [-0.25, -0.2) is 0 Å². The Morgan fingerprint density at radius 1 is 1.12 bits per heavy atom. The first-order valence-corrected chi connectivity index (χ1v) is 8.89. The zero-order chi connectivity index (χ0) is 17.6. The lowest BCUT2D eigenvalue weighted by atomic mass is 10.2. The molecule has 25 heavy (non-hydrogen) atoms. The number of hydrogen-bond donors (Lipinski definition) is 1. The van der Waals surface area contributed by atoms with E-state index in [0.29, 0.717) is 19.2 Å². The fourth-order valence-corrected chi connectivity index (χ4v) is 2.98. The van der Waals surface area contributed by atoms with Crippen molar-refractivity contribution in [2.45, 2.75) is 38.5 Å². The van der Waals surface area contributed by atoms with Gasteiger partial charge < -0.3 is 14.6 Å². The van der Waals surface area contributed by atoms with Crippen molar-refractivity contribution in [1.82, 2.24) is 4.90 Å². The average molecular weight is 341 g/mol. The quantitative estimate of drug-likeness (QED) is 0.759. The molecular formula is C21H27NO3. The van der Waals surface area contributed by atoms with Crippen LogP contribution >= 0.6 is 0 Å². The van der Waals surface area contributed by atoms with Gasteiger partial charge in [-0.1, -0.05) is 30.3 Å². The van der Waals surface area contributed by atoms with Gasteiger partial charge >= 0.3 is 0 Å². The highest BCUT2D eigenvalue weighted by atomic mass is 16.5. The summed E-state index contributed by atoms with van der Waals surface area (Å²) in [5.41, 5.74) is 2.33. The minimum Gasteiger partial charge on any atom is -0.497 e. The summed E-state index contributed by atoms with van der Waals surface area (Å²) in [4.78, 5) is 2.35. The van der Waals surface area contributed by atoms with Crippen molar-refractivity contribution in [1.29, 1.82) is 0 Å². The van der Waals surface area contributed by atoms with E-state index in [1.807, 2.05) is 43.3 Å². The van der Waals surface area contributed by atoms with E-state index in [4.69, 9.17) is 9.47 Å². The third-order valence-corrected chi connectivity index (χ3v) is 4.58. The van der Waals surface area contributed by atoms with Crippen molar-refractivity contribution >= 4 is 0 Å². The number of ether oxygens (including phenoxy) is 2. The van der Waals surface area contributed by atoms with Crippen molar-refractivity contribution in [2.24, 2.45) is 0 Å². The Bertz CT molecular complexity index is 667. The fourth-order valence-electron chi connectivity index (χ4n) is 2.98. The lowest BCUT2D eigenvalue weighted by molar-refractivity contribution is 0.0624. The molecule has 0 aliphatic heterocycles. The third kappa shape index (κ3) is 5.21. The SMILES string of the molecule is COc1ccc(CN(CC(O)COc2ccccc2C)C2CC2)cc1. The predicted octanol–water partition coefficient (Wildman–Crippen LogP) is 3.41. The predicted molar refractivity (Wildman–Crippen MR) is 99.1 cm³/mol. The zero-order valence-corrected chi connectivity index (χ0v) is 15.0. The topological polar surface area (TPSA) is 41.9 Å². The number of nitrogens with zero attached hydrogens (tertiary/aromatic N) is 1. The maximum absolute atomic E-state index is 10.4. The molecule has 0 spiro atoms. The van der Waals surface area contributed by atoms with Crippen LogP contribution < -0.4 is 9.47 Å². The second-order valence-corrected chi connectivity index (χ2v) is 6.74. The van der Waals surface area contributed by atoms with Crippen LogP contribution in [0.2, 0.25) is 0 Å². The Morgan fingerprint density at radius 3 is 2.48 bits per heavy atom. The van der Waals surface area contributed by atoms with Gasteiger partial charge in [0.15, 0.2) is 0 Å². The molecule has 134 valence electrons. The molecule has 1 fully saturated rings. The van der Waals surface area contributed by atoms with Crippen molar-refractivity contribution in [3.8, 4) is 11.5 Å². The second-order valence-electron chi connectivity index (χ2n) is 6.74. The molecule has 0 amide bonds. The third-order valence-electron chi connectivity index (χ3n) is 4.58. The maximum Gasteiger partial charge on any atom is 0.122 e. The molecule has 0 saturated heterocycles. The summed E-state index contributed by atoms with van der Waals surface area (Å²) >= 11 is 0. The van der Waals surface area contributed by atoms with Crippen LogP contribution in [0.5, 0.6) is 11.5 Å². The molecule has 0 heterocycles. The molecule has 2 aromatic rings. The smallest absolute Gasteiger partial charge is 0.122 e. The number of aliphatic hydroxyl groups is 1. The Hall–Kier alpha value is -2.04. The van der Waals surface area contributed by atoms with Crippen LogP contribution in [0.4, 0.5) is 0 Å². The first-order chi connectivity index (χ1) is 12.2. The van der Waals surface area contributed by atoms with Crippen molar-refractivity contribution in [2.75, 3.05) is 20.3 Å². The molecule has 0 bridgehead atoms. The lowest BCUT2D eigenvalue weighted by Crippen LogP contribution is -2.36. The second kappa shape index (κ2) is 8.37. The highest BCUT2D eigenvalue weighted by Crippen LogP contribution is 2.29. The largest absolute Gasteiger partial charge is 0.497 e. The average Bonchev–Trinajstić information content (AvgIpc) is 3.46. The summed E-state index contributed by atoms with van der Waals surface area (Å²) in [5.74, 6) is 1.71. The highest BCUT2D eigenvalue weighted by Gasteiger charge is 2.30. The molecule has 1 aliphatic rings. The van der Waals surface area contributed by atoms with Crippen LogP contribution in [0.25, 0.3) is 0 Å². The van der Waals surface area contributed by atoms with Crippen LogP contribution in [0, 0.1) is 6.92 Å². The van der Waals surface area contributed by atoms with E-state index in [1.165, 1.54) is 18.4 Å². The number of para-hydroxylation sites is 1. The summed E-state index contributed by atoms with van der Waals surface area (Å²) in [7, 11) is 1.68. The van der Waals surface area contributed by atoms with Crippen molar-refractivity contribution in [3.05, 3.63) is 59.7 Å². The Balaban J connectivity index is 1.53. The van der Waals surface area contributed by atoms with Gasteiger partial charge in [0.1, 0.15) is 24.2 Å². The van der Waals surface area contributed by atoms with E-state index >= 15 is 0 Å². The zero-order valence-electron chi connectivity index (χ0n) is 15.0. The molecule has 0 aromatic heterocycles. The molecule has 3 rings (SSSR count). The van der Waals surface area contributed by atoms with Gasteiger partial charge in [0.05, 0.1) is 7.11 Å². The van der Waals surface area contributed by atoms with Crippen LogP contribution in [-0.4, -0.2) is 42.4 Å². The van der Waals surface area contributed by atoms with Crippen LogP contribution in [0.1, 0.15) is 24.0 Å². The van der Waals surface area contributed by atoms with Gasteiger partial charge in [-0.2, -0.15) is 0 Å². The van der Waals surface area contributed by atoms with Gasteiger partial charge in [0.25, 0.3) is 0 Å². The fraction of sp³-hybridized carbons (Fsp3) is 0.429. The maximum atomic E-state index is 10.4. The van der Waals surface area contributed by atoms with E-state index in [0.717, 1.165) is 23.6 Å². The highest BCUT2D eigenvalue weighted by molar-refractivity contribution is 5.31. The van der Waals surface area contributed by atoms with E-state index in [2.05, 4.69) is 17.0 Å². The van der Waals surface area contributed by atoms with Gasteiger partial charge in [-0.05, 0) is 49.1 Å². The molecule has 0 radical (unpaired) electrons. The summed E-state index contributed by atoms with van der Waals surface area (Å²) < 4.78 is 11.0. The Labute approximate surface area is 150 Å². The van der Waals surface area contributed by atoms with Gasteiger partial charge in [0.2, 0.25) is 0 Å². The van der Waals surface area contributed by atoms with Crippen LogP contribution in [0.3, 0.4) is 0 Å². The first kappa shape index (κ1) is 17.8. The normalized spacial score (nSPS) is 15.2. The first-order valence-electron chi connectivity index (χ1n) is 8.89. The summed E-state index contributed by atoms with van der Waals surface area (Å²) in [6.07, 6.45) is 1.92. The molecule has 1 saturated carbocycles. The Morgan fingerprint density at radius 2 is 1.84 bits per heavy atom. The Kier molecular flexibility index (Phi) is 5.95. The lowest BCUT2D eigenvalue weighted by Gasteiger charge is -2.25. The number of benzene rings is 2. The number of aryl methyl sites for hydroxylation is 1. The summed E-state index contributed by atoms with van der Waals surface area (Å²) in [6, 6.07) is 16.6.